The second-order valence-electron chi connectivity index (χ2n) is 6.74. The second-order valence-corrected chi connectivity index (χ2v) is 7.62. The van der Waals surface area contributed by atoms with E-state index >= 15 is 0 Å². The highest BCUT2D eigenvalue weighted by Gasteiger charge is 2.26. The number of fused-ring (bicyclic) bond motifs is 1. The van der Waals surface area contributed by atoms with Crippen molar-refractivity contribution in [1.82, 2.24) is 20.2 Å². The topological polar surface area (TPSA) is 88.3 Å². The molecule has 0 bridgehead atoms. The van der Waals surface area contributed by atoms with Gasteiger partial charge in [0.25, 0.3) is 11.8 Å². The van der Waals surface area contributed by atoms with Crippen LogP contribution in [0.3, 0.4) is 0 Å². The van der Waals surface area contributed by atoms with Crippen molar-refractivity contribution in [2.24, 2.45) is 5.92 Å². The number of piperidine rings is 1. The molecule has 0 atom stereocenters. The molecule has 0 unspecified atom stereocenters. The van der Waals surface area contributed by atoms with Gasteiger partial charge in [0, 0.05) is 25.2 Å². The van der Waals surface area contributed by atoms with Crippen LogP contribution >= 0.6 is 11.3 Å². The standard InChI is InChI=1S/C19H20N4O3S/c1-12-17(21-10-26-12)19(25)23-6-4-13(5-7-23)9-20-18(24)14-2-3-15-16(8-14)27-11-22-15/h2-3,8,10-11,13H,4-7,9H2,1H3,(H,20,24). The summed E-state index contributed by atoms with van der Waals surface area (Å²) in [5.41, 5.74) is 3.74. The van der Waals surface area contributed by atoms with Gasteiger partial charge in [-0.1, -0.05) is 0 Å². The number of nitrogens with zero attached hydrogens (tertiary/aromatic N) is 3. The SMILES string of the molecule is Cc1ocnc1C(=O)N1CCC(CNC(=O)c2ccc3ncsc3c2)CC1. The summed E-state index contributed by atoms with van der Waals surface area (Å²) in [5, 5.41) is 3.02. The van der Waals surface area contributed by atoms with E-state index in [-0.39, 0.29) is 11.8 Å². The summed E-state index contributed by atoms with van der Waals surface area (Å²) < 4.78 is 6.13. The van der Waals surface area contributed by atoms with Crippen LogP contribution in [-0.2, 0) is 0 Å². The van der Waals surface area contributed by atoms with Gasteiger partial charge in [0.15, 0.2) is 12.1 Å². The van der Waals surface area contributed by atoms with E-state index in [9.17, 15) is 9.59 Å². The molecule has 0 aliphatic carbocycles. The summed E-state index contributed by atoms with van der Waals surface area (Å²) in [7, 11) is 0. The predicted octanol–water partition coefficient (Wildman–Crippen LogP) is 2.87. The van der Waals surface area contributed by atoms with Gasteiger partial charge in [-0.25, -0.2) is 9.97 Å². The van der Waals surface area contributed by atoms with Crippen molar-refractivity contribution in [3.8, 4) is 0 Å². The Kier molecular flexibility index (Phi) is 4.89. The normalized spacial score (nSPS) is 15.2. The molecule has 3 heterocycles. The number of carbonyl (C=O) groups excluding carboxylic acids is 2. The lowest BCUT2D eigenvalue weighted by molar-refractivity contribution is 0.0677. The van der Waals surface area contributed by atoms with E-state index in [0.29, 0.717) is 42.6 Å². The van der Waals surface area contributed by atoms with Crippen LogP contribution in [-0.4, -0.2) is 46.3 Å². The number of nitrogens with one attached hydrogen (secondary N) is 1. The van der Waals surface area contributed by atoms with Crippen LogP contribution in [0.4, 0.5) is 0 Å². The Hall–Kier alpha value is -2.74. The van der Waals surface area contributed by atoms with Crippen LogP contribution in [0, 0.1) is 12.8 Å². The zero-order valence-electron chi connectivity index (χ0n) is 15.0. The molecular formula is C19H20N4O3S. The first-order valence-corrected chi connectivity index (χ1v) is 9.80. The van der Waals surface area contributed by atoms with Gasteiger partial charge in [0.1, 0.15) is 5.76 Å². The summed E-state index contributed by atoms with van der Waals surface area (Å²) in [5.74, 6) is 0.763. The third kappa shape index (κ3) is 3.71. The number of aromatic nitrogens is 2. The number of thiazole rings is 1. The molecule has 3 aromatic rings. The number of benzene rings is 1. The van der Waals surface area contributed by atoms with E-state index in [2.05, 4.69) is 15.3 Å². The minimum atomic E-state index is -0.0819. The van der Waals surface area contributed by atoms with Gasteiger partial charge in [-0.05, 0) is 43.9 Å². The average molecular weight is 384 g/mol. The van der Waals surface area contributed by atoms with E-state index in [4.69, 9.17) is 4.42 Å². The molecule has 140 valence electrons. The lowest BCUT2D eigenvalue weighted by Crippen LogP contribution is -2.41. The fourth-order valence-electron chi connectivity index (χ4n) is 3.34. The van der Waals surface area contributed by atoms with Crippen LogP contribution < -0.4 is 5.32 Å². The fourth-order valence-corrected chi connectivity index (χ4v) is 4.05. The van der Waals surface area contributed by atoms with Crippen molar-refractivity contribution in [3.63, 3.8) is 0 Å². The summed E-state index contributed by atoms with van der Waals surface area (Å²) >= 11 is 1.53. The molecule has 4 rings (SSSR count). The Bertz CT molecular complexity index is 972. The molecule has 2 amide bonds. The summed E-state index contributed by atoms with van der Waals surface area (Å²) in [6.07, 6.45) is 3.02. The molecule has 0 spiro atoms. The Labute approximate surface area is 160 Å². The van der Waals surface area contributed by atoms with Gasteiger partial charge in [-0.15, -0.1) is 11.3 Å². The zero-order valence-corrected chi connectivity index (χ0v) is 15.8. The van der Waals surface area contributed by atoms with Gasteiger partial charge in [0.2, 0.25) is 0 Å². The molecule has 7 nitrogen and oxygen atoms in total. The Morgan fingerprint density at radius 3 is 2.85 bits per heavy atom. The summed E-state index contributed by atoms with van der Waals surface area (Å²) in [6.45, 7) is 3.69. The molecule has 1 aliphatic rings. The van der Waals surface area contributed by atoms with Crippen LogP contribution in [0.2, 0.25) is 0 Å². The van der Waals surface area contributed by atoms with Crippen LogP contribution in [0.5, 0.6) is 0 Å². The highest BCUT2D eigenvalue weighted by Crippen LogP contribution is 2.21. The van der Waals surface area contributed by atoms with Crippen LogP contribution in [0.1, 0.15) is 39.4 Å². The number of hydrogen-bond acceptors (Lipinski definition) is 6. The molecule has 27 heavy (non-hydrogen) atoms. The van der Waals surface area contributed by atoms with Gasteiger partial charge < -0.3 is 14.6 Å². The highest BCUT2D eigenvalue weighted by atomic mass is 32.1. The summed E-state index contributed by atoms with van der Waals surface area (Å²) in [6, 6.07) is 5.56. The first-order chi connectivity index (χ1) is 13.1. The van der Waals surface area contributed by atoms with E-state index in [1.165, 1.54) is 17.7 Å². The quantitative estimate of drug-likeness (QED) is 0.747. The second kappa shape index (κ2) is 7.48. The molecule has 1 N–H and O–H groups in total. The van der Waals surface area contributed by atoms with Gasteiger partial charge in [-0.3, -0.25) is 9.59 Å². The molecule has 0 radical (unpaired) electrons. The summed E-state index contributed by atoms with van der Waals surface area (Å²) in [4.78, 5) is 34.9. The minimum Gasteiger partial charge on any atom is -0.448 e. The van der Waals surface area contributed by atoms with Gasteiger partial charge in [0.05, 0.1) is 15.7 Å². The maximum atomic E-state index is 12.5. The molecule has 2 aromatic heterocycles. The Balaban J connectivity index is 1.28. The Morgan fingerprint density at radius 1 is 1.30 bits per heavy atom. The lowest BCUT2D eigenvalue weighted by Gasteiger charge is -2.31. The number of aryl methyl sites for hydroxylation is 1. The predicted molar refractivity (Wildman–Crippen MR) is 102 cm³/mol. The Morgan fingerprint density at radius 2 is 2.11 bits per heavy atom. The number of carbonyl (C=O) groups is 2. The number of amides is 2. The molecular weight excluding hydrogens is 364 g/mol. The van der Waals surface area contributed by atoms with E-state index in [1.807, 2.05) is 12.1 Å². The first kappa shape index (κ1) is 17.7. The molecule has 8 heteroatoms. The molecule has 1 aliphatic heterocycles. The molecule has 1 aromatic carbocycles. The highest BCUT2D eigenvalue weighted by molar-refractivity contribution is 7.16. The van der Waals surface area contributed by atoms with Gasteiger partial charge in [-0.2, -0.15) is 0 Å². The van der Waals surface area contributed by atoms with Crippen LogP contribution in [0.15, 0.2) is 34.5 Å². The fraction of sp³-hybridized carbons (Fsp3) is 0.368. The van der Waals surface area contributed by atoms with Crippen molar-refractivity contribution >= 4 is 33.4 Å². The third-order valence-electron chi connectivity index (χ3n) is 4.99. The minimum absolute atomic E-state index is 0.0676. The van der Waals surface area contributed by atoms with Crippen molar-refractivity contribution in [2.75, 3.05) is 19.6 Å². The zero-order chi connectivity index (χ0) is 18.8. The third-order valence-corrected chi connectivity index (χ3v) is 5.79. The smallest absolute Gasteiger partial charge is 0.276 e. The van der Waals surface area contributed by atoms with E-state index in [0.717, 1.165) is 23.1 Å². The number of hydrogen-bond donors (Lipinski definition) is 1. The van der Waals surface area contributed by atoms with E-state index < -0.39 is 0 Å². The number of rotatable bonds is 4. The van der Waals surface area contributed by atoms with E-state index in [1.54, 1.807) is 23.4 Å². The van der Waals surface area contributed by atoms with Crippen molar-refractivity contribution in [3.05, 3.63) is 47.1 Å². The number of oxazole rings is 1. The first-order valence-electron chi connectivity index (χ1n) is 8.92. The lowest BCUT2D eigenvalue weighted by atomic mass is 9.96. The largest absolute Gasteiger partial charge is 0.448 e. The van der Waals surface area contributed by atoms with Crippen molar-refractivity contribution in [2.45, 2.75) is 19.8 Å². The maximum absolute atomic E-state index is 12.5. The van der Waals surface area contributed by atoms with Crippen molar-refractivity contribution in [1.29, 1.82) is 0 Å². The monoisotopic (exact) mass is 384 g/mol. The van der Waals surface area contributed by atoms with Crippen LogP contribution in [0.25, 0.3) is 10.2 Å². The number of likely N-dealkylation sites (tertiary alicyclic amines) is 1. The molecule has 1 fully saturated rings. The molecule has 0 saturated carbocycles. The average Bonchev–Trinajstić information content (AvgIpc) is 3.34. The molecule has 1 saturated heterocycles. The van der Waals surface area contributed by atoms with Gasteiger partial charge >= 0.3 is 0 Å². The van der Waals surface area contributed by atoms with Crippen molar-refractivity contribution < 1.29 is 14.0 Å². The maximum Gasteiger partial charge on any atom is 0.276 e.